The highest BCUT2D eigenvalue weighted by molar-refractivity contribution is 14.0. The summed E-state index contributed by atoms with van der Waals surface area (Å²) < 4.78 is 11.1. The highest BCUT2D eigenvalue weighted by atomic mass is 127. The van der Waals surface area contributed by atoms with Crippen molar-refractivity contribution in [3.05, 3.63) is 23.8 Å². The molecular weight excluding hydrogens is 529 g/mol. The quantitative estimate of drug-likeness (QED) is 0.172. The second-order valence-electron chi connectivity index (χ2n) is 8.82. The van der Waals surface area contributed by atoms with Crippen LogP contribution in [0, 0.1) is 5.92 Å². The molecule has 2 N–H and O–H groups in total. The number of rotatable bonds is 12. The summed E-state index contributed by atoms with van der Waals surface area (Å²) in [5, 5.41) is 6.92. The van der Waals surface area contributed by atoms with Crippen molar-refractivity contribution in [2.75, 3.05) is 66.6 Å². The Labute approximate surface area is 218 Å². The minimum atomic E-state index is 0. The molecule has 7 nitrogen and oxygen atoms in total. The van der Waals surface area contributed by atoms with Crippen LogP contribution < -0.4 is 20.1 Å². The van der Waals surface area contributed by atoms with Crippen LogP contribution in [0.15, 0.2) is 23.2 Å². The number of nitrogens with one attached hydrogen (secondary N) is 2. The van der Waals surface area contributed by atoms with Crippen LogP contribution in [0.3, 0.4) is 0 Å². The minimum Gasteiger partial charge on any atom is -0.493 e. The van der Waals surface area contributed by atoms with Crippen LogP contribution >= 0.6 is 24.0 Å². The molecule has 1 saturated heterocycles. The van der Waals surface area contributed by atoms with Gasteiger partial charge in [-0.1, -0.05) is 19.9 Å². The van der Waals surface area contributed by atoms with Crippen LogP contribution in [-0.2, 0) is 6.42 Å². The standard InChI is InChI=1S/C25H45N5O2.HI/c1-7-26-25(28-19-22(20(3)4)30-16-14-29(5)15-17-30)27-13-9-10-21-11-12-23(31-6)24(18-21)32-8-2;/h11-12,18,20,22H,7-10,13-17,19H2,1-6H3,(H2,26,27,28);1H. The van der Waals surface area contributed by atoms with E-state index < -0.39 is 0 Å². The largest absolute Gasteiger partial charge is 0.493 e. The van der Waals surface area contributed by atoms with E-state index in [9.17, 15) is 0 Å². The molecule has 1 aliphatic heterocycles. The van der Waals surface area contributed by atoms with E-state index in [1.54, 1.807) is 7.11 Å². The second-order valence-corrected chi connectivity index (χ2v) is 8.82. The lowest BCUT2D eigenvalue weighted by Gasteiger charge is -2.39. The highest BCUT2D eigenvalue weighted by Crippen LogP contribution is 2.28. The number of hydrogen-bond acceptors (Lipinski definition) is 5. The van der Waals surface area contributed by atoms with Crippen molar-refractivity contribution in [3.63, 3.8) is 0 Å². The van der Waals surface area contributed by atoms with E-state index in [0.29, 0.717) is 18.6 Å². The zero-order chi connectivity index (χ0) is 23.3. The molecule has 0 aliphatic carbocycles. The molecule has 33 heavy (non-hydrogen) atoms. The van der Waals surface area contributed by atoms with Gasteiger partial charge in [0.25, 0.3) is 0 Å². The van der Waals surface area contributed by atoms with Crippen molar-refractivity contribution < 1.29 is 9.47 Å². The van der Waals surface area contributed by atoms with Gasteiger partial charge in [-0.3, -0.25) is 9.89 Å². The van der Waals surface area contributed by atoms with Gasteiger partial charge in [-0.25, -0.2) is 0 Å². The summed E-state index contributed by atoms with van der Waals surface area (Å²) in [7, 11) is 3.88. The SMILES string of the molecule is CCNC(=NCC(C(C)C)N1CCN(C)CC1)NCCCc1ccc(OC)c(OCC)c1.I. The number of aliphatic imine (C=N–C) groups is 1. The normalized spacial score (nSPS) is 16.3. The van der Waals surface area contributed by atoms with Crippen LogP contribution in [0.4, 0.5) is 0 Å². The van der Waals surface area contributed by atoms with Crippen LogP contribution in [0.25, 0.3) is 0 Å². The van der Waals surface area contributed by atoms with Crippen molar-refractivity contribution >= 4 is 29.9 Å². The summed E-state index contributed by atoms with van der Waals surface area (Å²) in [5.41, 5.74) is 1.26. The molecule has 8 heteroatoms. The van der Waals surface area contributed by atoms with Crippen LogP contribution in [0.1, 0.15) is 39.7 Å². The molecule has 0 radical (unpaired) electrons. The van der Waals surface area contributed by atoms with Gasteiger partial charge in [0.15, 0.2) is 17.5 Å². The van der Waals surface area contributed by atoms with Crippen molar-refractivity contribution in [1.29, 1.82) is 0 Å². The molecule has 0 saturated carbocycles. The van der Waals surface area contributed by atoms with Crippen LogP contribution in [0.5, 0.6) is 11.5 Å². The third-order valence-electron chi connectivity index (χ3n) is 6.02. The molecule has 0 spiro atoms. The number of likely N-dealkylation sites (N-methyl/N-ethyl adjacent to an activating group) is 1. The Hall–Kier alpha value is -1.26. The average Bonchev–Trinajstić information content (AvgIpc) is 2.78. The first kappa shape index (κ1) is 29.8. The third-order valence-corrected chi connectivity index (χ3v) is 6.02. The van der Waals surface area contributed by atoms with Gasteiger partial charge in [-0.2, -0.15) is 0 Å². The lowest BCUT2D eigenvalue weighted by atomic mass is 10.0. The Balaban J connectivity index is 0.00000544. The summed E-state index contributed by atoms with van der Waals surface area (Å²) in [6.45, 7) is 16.5. The number of methoxy groups -OCH3 is 1. The first-order valence-electron chi connectivity index (χ1n) is 12.2. The van der Waals surface area contributed by atoms with Gasteiger partial charge in [0.05, 0.1) is 20.3 Å². The summed E-state index contributed by atoms with van der Waals surface area (Å²) in [4.78, 5) is 9.95. The Morgan fingerprint density at radius 3 is 2.42 bits per heavy atom. The van der Waals surface area contributed by atoms with Gasteiger partial charge in [0.1, 0.15) is 0 Å². The second kappa shape index (κ2) is 16.4. The number of nitrogens with zero attached hydrogens (tertiary/aromatic N) is 3. The van der Waals surface area contributed by atoms with E-state index in [1.807, 2.05) is 13.0 Å². The van der Waals surface area contributed by atoms with Crippen LogP contribution in [0.2, 0.25) is 0 Å². The summed E-state index contributed by atoms with van der Waals surface area (Å²) in [6.07, 6.45) is 2.00. The molecule has 1 fully saturated rings. The van der Waals surface area contributed by atoms with Crippen LogP contribution in [-0.4, -0.2) is 88.4 Å². The van der Waals surface area contributed by atoms with Gasteiger partial charge in [-0.05, 0) is 57.4 Å². The monoisotopic (exact) mass is 575 g/mol. The molecule has 1 aromatic rings. The van der Waals surface area contributed by atoms with Gasteiger partial charge >= 0.3 is 0 Å². The number of halogens is 1. The summed E-state index contributed by atoms with van der Waals surface area (Å²) in [5.74, 6) is 3.10. The van der Waals surface area contributed by atoms with E-state index in [1.165, 1.54) is 5.56 Å². The molecule has 0 aromatic heterocycles. The Kier molecular flexibility index (Phi) is 14.8. The zero-order valence-electron chi connectivity index (χ0n) is 21.5. The van der Waals surface area contributed by atoms with Gasteiger partial charge in [0, 0.05) is 45.3 Å². The van der Waals surface area contributed by atoms with E-state index >= 15 is 0 Å². The van der Waals surface area contributed by atoms with E-state index in [4.69, 9.17) is 14.5 Å². The molecule has 0 amide bonds. The first-order chi connectivity index (χ1) is 15.5. The molecule has 1 atom stereocenters. The molecule has 1 aliphatic rings. The maximum atomic E-state index is 5.70. The smallest absolute Gasteiger partial charge is 0.191 e. The fourth-order valence-electron chi connectivity index (χ4n) is 4.07. The van der Waals surface area contributed by atoms with E-state index in [-0.39, 0.29) is 24.0 Å². The lowest BCUT2D eigenvalue weighted by molar-refractivity contribution is 0.0925. The number of aryl methyl sites for hydroxylation is 1. The fourth-order valence-corrected chi connectivity index (χ4v) is 4.07. The Morgan fingerprint density at radius 2 is 1.82 bits per heavy atom. The zero-order valence-corrected chi connectivity index (χ0v) is 23.9. The van der Waals surface area contributed by atoms with Crippen molar-refractivity contribution in [2.45, 2.75) is 46.6 Å². The maximum absolute atomic E-state index is 5.70. The van der Waals surface area contributed by atoms with Gasteiger partial charge < -0.3 is 25.0 Å². The van der Waals surface area contributed by atoms with Crippen molar-refractivity contribution in [1.82, 2.24) is 20.4 Å². The molecule has 2 rings (SSSR count). The Bertz CT molecular complexity index is 693. The number of benzene rings is 1. The van der Waals surface area contributed by atoms with Crippen molar-refractivity contribution in [3.8, 4) is 11.5 Å². The number of guanidine groups is 1. The number of ether oxygens (including phenoxy) is 2. The first-order valence-corrected chi connectivity index (χ1v) is 12.2. The summed E-state index contributed by atoms with van der Waals surface area (Å²) in [6, 6.07) is 6.67. The van der Waals surface area contributed by atoms with E-state index in [0.717, 1.165) is 76.1 Å². The topological polar surface area (TPSA) is 61.4 Å². The van der Waals surface area contributed by atoms with Gasteiger partial charge in [0.2, 0.25) is 0 Å². The molecular formula is C25H46IN5O2. The maximum Gasteiger partial charge on any atom is 0.191 e. The molecule has 1 unspecified atom stereocenters. The number of piperazine rings is 1. The summed E-state index contributed by atoms with van der Waals surface area (Å²) >= 11 is 0. The number of hydrogen-bond donors (Lipinski definition) is 2. The predicted octanol–water partition coefficient (Wildman–Crippen LogP) is 3.47. The predicted molar refractivity (Wildman–Crippen MR) is 150 cm³/mol. The molecule has 1 heterocycles. The van der Waals surface area contributed by atoms with Gasteiger partial charge in [-0.15, -0.1) is 24.0 Å². The van der Waals surface area contributed by atoms with E-state index in [2.05, 4.69) is 60.4 Å². The molecule has 190 valence electrons. The molecule has 1 aromatic carbocycles. The third kappa shape index (κ3) is 10.3. The Morgan fingerprint density at radius 1 is 1.09 bits per heavy atom. The highest BCUT2D eigenvalue weighted by Gasteiger charge is 2.24. The minimum absolute atomic E-state index is 0. The fraction of sp³-hybridized carbons (Fsp3) is 0.720. The molecule has 0 bridgehead atoms. The lowest BCUT2D eigenvalue weighted by Crippen LogP contribution is -2.52. The average molecular weight is 576 g/mol. The van der Waals surface area contributed by atoms with Crippen molar-refractivity contribution in [2.24, 2.45) is 10.9 Å².